The van der Waals surface area contributed by atoms with E-state index in [2.05, 4.69) is 85.0 Å². The van der Waals surface area contributed by atoms with Crippen molar-refractivity contribution in [2.45, 2.75) is 27.3 Å². The number of nitrogens with zero attached hydrogens (tertiary/aromatic N) is 7. The van der Waals surface area contributed by atoms with Gasteiger partial charge in [-0.15, -0.1) is 5.10 Å². The summed E-state index contributed by atoms with van der Waals surface area (Å²) in [6.45, 7) is 7.96. The lowest BCUT2D eigenvalue weighted by molar-refractivity contribution is 0.605. The molecule has 0 fully saturated rings. The third-order valence-corrected chi connectivity index (χ3v) is 5.79. The van der Waals surface area contributed by atoms with Gasteiger partial charge in [0.05, 0.1) is 5.69 Å². The molecule has 0 radical (unpaired) electrons. The molecule has 0 bridgehead atoms. The standard InChI is InChI=1S/C28H29N9/c1-19(2)17-37(18-21-9-5-4-6-10-21)26-16-22(31-28-29-14-13-20(3)30-28)15-25(32-26)23-11-7-8-12-24(23)27-33-35-36-34-27/h4-16,19H,17-18H2,1-3H3,(H,29,30,31,32)(H,33,34,35,36). The molecule has 0 aliphatic carbocycles. The minimum absolute atomic E-state index is 0.443. The summed E-state index contributed by atoms with van der Waals surface area (Å²) in [6, 6.07) is 24.4. The minimum Gasteiger partial charge on any atom is -0.352 e. The van der Waals surface area contributed by atoms with Gasteiger partial charge in [-0.2, -0.15) is 0 Å². The first kappa shape index (κ1) is 24.1. The monoisotopic (exact) mass is 491 g/mol. The first-order valence-electron chi connectivity index (χ1n) is 12.3. The van der Waals surface area contributed by atoms with Gasteiger partial charge in [0.1, 0.15) is 5.82 Å². The summed E-state index contributed by atoms with van der Waals surface area (Å²) in [5.41, 5.74) is 5.54. The fourth-order valence-corrected chi connectivity index (χ4v) is 4.20. The first-order valence-corrected chi connectivity index (χ1v) is 12.3. The van der Waals surface area contributed by atoms with E-state index >= 15 is 0 Å². The Hall–Kier alpha value is -4.66. The second-order valence-corrected chi connectivity index (χ2v) is 9.30. The lowest BCUT2D eigenvalue weighted by Crippen LogP contribution is -2.28. The van der Waals surface area contributed by atoms with E-state index < -0.39 is 0 Å². The summed E-state index contributed by atoms with van der Waals surface area (Å²) >= 11 is 0. The maximum absolute atomic E-state index is 5.15. The second kappa shape index (κ2) is 10.9. The zero-order valence-corrected chi connectivity index (χ0v) is 21.1. The Labute approximate surface area is 216 Å². The molecule has 3 aromatic heterocycles. The lowest BCUT2D eigenvalue weighted by Gasteiger charge is -2.27. The molecule has 0 saturated heterocycles. The quantitative estimate of drug-likeness (QED) is 0.281. The Morgan fingerprint density at radius 2 is 1.70 bits per heavy atom. The van der Waals surface area contributed by atoms with Crippen LogP contribution in [0.15, 0.2) is 79.0 Å². The molecule has 5 rings (SSSR count). The van der Waals surface area contributed by atoms with Crippen LogP contribution in [-0.2, 0) is 6.54 Å². The van der Waals surface area contributed by atoms with Crippen molar-refractivity contribution >= 4 is 17.5 Å². The van der Waals surface area contributed by atoms with E-state index in [0.717, 1.165) is 47.1 Å². The van der Waals surface area contributed by atoms with Crippen LogP contribution in [0.1, 0.15) is 25.1 Å². The van der Waals surface area contributed by atoms with Gasteiger partial charge in [-0.3, -0.25) is 0 Å². The summed E-state index contributed by atoms with van der Waals surface area (Å²) in [5.74, 6) is 2.42. The van der Waals surface area contributed by atoms with Crippen LogP contribution >= 0.6 is 0 Å². The number of anilines is 3. The predicted molar refractivity (Wildman–Crippen MR) is 145 cm³/mol. The zero-order chi connectivity index (χ0) is 25.6. The number of benzene rings is 2. The van der Waals surface area contributed by atoms with Crippen LogP contribution in [0, 0.1) is 12.8 Å². The molecule has 37 heavy (non-hydrogen) atoms. The molecule has 186 valence electrons. The summed E-state index contributed by atoms with van der Waals surface area (Å²) in [7, 11) is 0. The lowest BCUT2D eigenvalue weighted by atomic mass is 10.0. The van der Waals surface area contributed by atoms with Crippen molar-refractivity contribution in [3.05, 3.63) is 90.3 Å². The van der Waals surface area contributed by atoms with Crippen molar-refractivity contribution in [3.63, 3.8) is 0 Å². The van der Waals surface area contributed by atoms with E-state index in [0.29, 0.717) is 17.7 Å². The highest BCUT2D eigenvalue weighted by Gasteiger charge is 2.17. The summed E-state index contributed by atoms with van der Waals surface area (Å²) < 4.78 is 0. The van der Waals surface area contributed by atoms with Gasteiger partial charge < -0.3 is 10.2 Å². The predicted octanol–water partition coefficient (Wildman–Crippen LogP) is 5.43. The van der Waals surface area contributed by atoms with E-state index in [-0.39, 0.29) is 0 Å². The maximum Gasteiger partial charge on any atom is 0.227 e. The SMILES string of the molecule is Cc1ccnc(Nc2cc(-c3ccccc3-c3nnn[nH]3)nc(N(Cc3ccccc3)CC(C)C)c2)n1. The van der Waals surface area contributed by atoms with Gasteiger partial charge in [-0.25, -0.2) is 20.1 Å². The number of rotatable bonds is 9. The van der Waals surface area contributed by atoms with Crippen LogP contribution in [0.3, 0.4) is 0 Å². The van der Waals surface area contributed by atoms with Crippen molar-refractivity contribution in [2.75, 3.05) is 16.8 Å². The highest BCUT2D eigenvalue weighted by molar-refractivity contribution is 5.81. The number of hydrogen-bond donors (Lipinski definition) is 2. The smallest absolute Gasteiger partial charge is 0.227 e. The van der Waals surface area contributed by atoms with E-state index in [9.17, 15) is 0 Å². The average molecular weight is 492 g/mol. The summed E-state index contributed by atoms with van der Waals surface area (Å²) in [4.78, 5) is 16.4. The number of aromatic nitrogens is 7. The van der Waals surface area contributed by atoms with Gasteiger partial charge in [0.25, 0.3) is 0 Å². The highest BCUT2D eigenvalue weighted by Crippen LogP contribution is 2.33. The number of H-pyrrole nitrogens is 1. The molecule has 0 aliphatic heterocycles. The summed E-state index contributed by atoms with van der Waals surface area (Å²) in [6.07, 6.45) is 1.75. The van der Waals surface area contributed by atoms with Crippen LogP contribution in [0.25, 0.3) is 22.6 Å². The number of hydrogen-bond acceptors (Lipinski definition) is 8. The molecular formula is C28H29N9. The van der Waals surface area contributed by atoms with E-state index in [1.165, 1.54) is 5.56 Å². The number of tetrazole rings is 1. The van der Waals surface area contributed by atoms with Gasteiger partial charge in [-0.1, -0.05) is 68.4 Å². The van der Waals surface area contributed by atoms with Crippen LogP contribution < -0.4 is 10.2 Å². The Morgan fingerprint density at radius 1 is 0.919 bits per heavy atom. The van der Waals surface area contributed by atoms with Gasteiger partial charge >= 0.3 is 0 Å². The van der Waals surface area contributed by atoms with Gasteiger partial charge in [0, 0.05) is 47.9 Å². The molecule has 2 aromatic carbocycles. The number of nitrogens with one attached hydrogen (secondary N) is 2. The van der Waals surface area contributed by atoms with Crippen LogP contribution in [0.4, 0.5) is 17.5 Å². The van der Waals surface area contributed by atoms with Crippen LogP contribution in [-0.4, -0.2) is 42.1 Å². The third kappa shape index (κ3) is 5.95. The number of aromatic amines is 1. The molecule has 2 N–H and O–H groups in total. The van der Waals surface area contributed by atoms with Crippen LogP contribution in [0.2, 0.25) is 0 Å². The van der Waals surface area contributed by atoms with E-state index in [4.69, 9.17) is 4.98 Å². The largest absolute Gasteiger partial charge is 0.352 e. The van der Waals surface area contributed by atoms with Crippen molar-refractivity contribution in [1.82, 2.24) is 35.6 Å². The van der Waals surface area contributed by atoms with Crippen molar-refractivity contribution in [3.8, 4) is 22.6 Å². The van der Waals surface area contributed by atoms with Crippen LogP contribution in [0.5, 0.6) is 0 Å². The molecular weight excluding hydrogens is 462 g/mol. The fourth-order valence-electron chi connectivity index (χ4n) is 4.20. The maximum atomic E-state index is 5.15. The van der Waals surface area contributed by atoms with Gasteiger partial charge in [-0.05, 0) is 41.0 Å². The fraction of sp³-hybridized carbons (Fsp3) is 0.214. The number of aryl methyl sites for hydroxylation is 1. The molecule has 0 unspecified atom stereocenters. The molecule has 9 nitrogen and oxygen atoms in total. The highest BCUT2D eigenvalue weighted by atomic mass is 15.5. The van der Waals surface area contributed by atoms with Gasteiger partial charge in [0.2, 0.25) is 5.95 Å². The normalized spacial score (nSPS) is 11.0. The Bertz CT molecular complexity index is 1450. The second-order valence-electron chi connectivity index (χ2n) is 9.30. The topological polar surface area (TPSA) is 108 Å². The molecule has 9 heteroatoms. The van der Waals surface area contributed by atoms with Crippen molar-refractivity contribution in [2.24, 2.45) is 5.92 Å². The van der Waals surface area contributed by atoms with Crippen molar-refractivity contribution in [1.29, 1.82) is 0 Å². The Morgan fingerprint density at radius 3 is 2.43 bits per heavy atom. The molecule has 0 amide bonds. The first-order chi connectivity index (χ1) is 18.0. The van der Waals surface area contributed by atoms with Gasteiger partial charge in [0.15, 0.2) is 5.82 Å². The van der Waals surface area contributed by atoms with Crippen molar-refractivity contribution < 1.29 is 0 Å². The average Bonchev–Trinajstić information content (AvgIpc) is 3.44. The molecule has 0 spiro atoms. The van der Waals surface area contributed by atoms with E-state index in [1.807, 2.05) is 49.4 Å². The Balaban J connectivity index is 1.62. The summed E-state index contributed by atoms with van der Waals surface area (Å²) in [5, 5.41) is 17.9. The molecule has 0 aliphatic rings. The van der Waals surface area contributed by atoms with E-state index in [1.54, 1.807) is 6.20 Å². The Kier molecular flexibility index (Phi) is 7.12. The number of pyridine rings is 1. The molecule has 0 atom stereocenters. The third-order valence-electron chi connectivity index (χ3n) is 5.79. The molecule has 3 heterocycles. The molecule has 5 aromatic rings. The zero-order valence-electron chi connectivity index (χ0n) is 21.1. The minimum atomic E-state index is 0.443. The molecule has 0 saturated carbocycles.